The highest BCUT2D eigenvalue weighted by molar-refractivity contribution is 5.66. The molecular formula is C20H20F2O2. The van der Waals surface area contributed by atoms with Gasteiger partial charge in [-0.1, -0.05) is 13.2 Å². The van der Waals surface area contributed by atoms with Gasteiger partial charge in [-0.25, -0.2) is 8.78 Å². The first-order valence-electron chi connectivity index (χ1n) is 7.50. The molecule has 0 spiro atoms. The quantitative estimate of drug-likeness (QED) is 0.620. The van der Waals surface area contributed by atoms with Crippen LogP contribution in [0.4, 0.5) is 8.78 Å². The Morgan fingerprint density at radius 3 is 1.46 bits per heavy atom. The van der Waals surface area contributed by atoms with E-state index < -0.39 is 11.6 Å². The number of ether oxygens (including phenoxy) is 2. The summed E-state index contributed by atoms with van der Waals surface area (Å²) in [4.78, 5) is 0. The van der Waals surface area contributed by atoms with Crippen molar-refractivity contribution in [1.82, 2.24) is 0 Å². The molecule has 0 atom stereocenters. The molecule has 0 saturated carbocycles. The largest absolute Gasteiger partial charge is 0.489 e. The van der Waals surface area contributed by atoms with Crippen LogP contribution in [0.2, 0.25) is 0 Å². The van der Waals surface area contributed by atoms with Crippen LogP contribution in [-0.2, 0) is 0 Å². The summed E-state index contributed by atoms with van der Waals surface area (Å²) in [6, 6.07) is 8.68. The highest BCUT2D eigenvalue weighted by atomic mass is 19.1. The van der Waals surface area contributed by atoms with Crippen molar-refractivity contribution in [2.75, 3.05) is 13.2 Å². The first-order chi connectivity index (χ1) is 11.4. The third kappa shape index (κ3) is 4.69. The fourth-order valence-electron chi connectivity index (χ4n) is 2.02. The van der Waals surface area contributed by atoms with E-state index in [1.165, 1.54) is 24.3 Å². The van der Waals surface area contributed by atoms with Gasteiger partial charge in [-0.2, -0.15) is 0 Å². The molecule has 0 amide bonds. The minimum Gasteiger partial charge on any atom is -0.489 e. The van der Waals surface area contributed by atoms with Gasteiger partial charge >= 0.3 is 0 Å². The zero-order valence-electron chi connectivity index (χ0n) is 13.9. The molecule has 0 saturated heterocycles. The monoisotopic (exact) mass is 330 g/mol. The Kier molecular flexibility index (Phi) is 5.74. The molecule has 0 unspecified atom stereocenters. The standard InChI is InChI=1S/C20H20F2O2/c1-13(2)11-23-15-5-7-17(19(21)9-15)18-8-6-16(10-20(18)22)24-12-14(3)4/h5-10H,1,3,11-12H2,2,4H3. The molecule has 0 bridgehead atoms. The van der Waals surface area contributed by atoms with Crippen molar-refractivity contribution in [1.29, 1.82) is 0 Å². The fraction of sp³-hybridized carbons (Fsp3) is 0.200. The number of benzene rings is 2. The minimum atomic E-state index is -0.552. The summed E-state index contributed by atoms with van der Waals surface area (Å²) < 4.78 is 39.3. The second-order valence-corrected chi connectivity index (χ2v) is 5.77. The second kappa shape index (κ2) is 7.77. The molecule has 0 radical (unpaired) electrons. The Bertz CT molecular complexity index is 701. The van der Waals surface area contributed by atoms with Crippen LogP contribution < -0.4 is 9.47 Å². The zero-order valence-corrected chi connectivity index (χ0v) is 13.9. The summed E-state index contributed by atoms with van der Waals surface area (Å²) in [5.74, 6) is -0.352. The maximum atomic E-state index is 14.3. The normalized spacial score (nSPS) is 10.3. The molecule has 4 heteroatoms. The molecule has 2 aromatic rings. The predicted octanol–water partition coefficient (Wildman–Crippen LogP) is 5.54. The van der Waals surface area contributed by atoms with Gasteiger partial charge in [0.15, 0.2) is 0 Å². The molecule has 0 aliphatic heterocycles. The lowest BCUT2D eigenvalue weighted by Crippen LogP contribution is -1.99. The molecule has 0 fully saturated rings. The van der Waals surface area contributed by atoms with Gasteiger partial charge in [0.1, 0.15) is 36.3 Å². The van der Waals surface area contributed by atoms with E-state index in [9.17, 15) is 8.78 Å². The average molecular weight is 330 g/mol. The minimum absolute atomic E-state index is 0.168. The van der Waals surface area contributed by atoms with Crippen LogP contribution in [0, 0.1) is 11.6 Å². The number of rotatable bonds is 7. The third-order valence-corrected chi connectivity index (χ3v) is 3.14. The van der Waals surface area contributed by atoms with Gasteiger partial charge in [0.2, 0.25) is 0 Å². The molecule has 126 valence electrons. The first kappa shape index (κ1) is 17.7. The van der Waals surface area contributed by atoms with E-state index in [0.717, 1.165) is 11.1 Å². The van der Waals surface area contributed by atoms with Crippen LogP contribution in [0.1, 0.15) is 13.8 Å². The Morgan fingerprint density at radius 2 is 1.17 bits per heavy atom. The van der Waals surface area contributed by atoms with E-state index in [2.05, 4.69) is 13.2 Å². The Balaban J connectivity index is 2.21. The van der Waals surface area contributed by atoms with E-state index in [0.29, 0.717) is 24.7 Å². The van der Waals surface area contributed by atoms with Crippen molar-refractivity contribution >= 4 is 0 Å². The summed E-state index contributed by atoms with van der Waals surface area (Å²) in [6.45, 7) is 11.7. The van der Waals surface area contributed by atoms with Gasteiger partial charge in [-0.3, -0.25) is 0 Å². The number of hydrogen-bond acceptors (Lipinski definition) is 2. The molecule has 2 nitrogen and oxygen atoms in total. The van der Waals surface area contributed by atoms with Crippen molar-refractivity contribution in [2.45, 2.75) is 13.8 Å². The van der Waals surface area contributed by atoms with Crippen LogP contribution in [0.25, 0.3) is 11.1 Å². The van der Waals surface area contributed by atoms with Gasteiger partial charge in [-0.05, 0) is 49.3 Å². The number of hydrogen-bond donors (Lipinski definition) is 0. The lowest BCUT2D eigenvalue weighted by atomic mass is 10.0. The van der Waals surface area contributed by atoms with Crippen LogP contribution >= 0.6 is 0 Å². The van der Waals surface area contributed by atoms with E-state index in [1.54, 1.807) is 12.1 Å². The van der Waals surface area contributed by atoms with Gasteiger partial charge in [0.05, 0.1) is 0 Å². The van der Waals surface area contributed by atoms with Crippen LogP contribution in [-0.4, -0.2) is 13.2 Å². The van der Waals surface area contributed by atoms with Crippen molar-refractivity contribution < 1.29 is 18.3 Å². The molecule has 0 aliphatic rings. The van der Waals surface area contributed by atoms with Gasteiger partial charge in [0.25, 0.3) is 0 Å². The summed E-state index contributed by atoms with van der Waals surface area (Å²) in [5.41, 5.74) is 2.00. The van der Waals surface area contributed by atoms with Gasteiger partial charge in [-0.15, -0.1) is 0 Å². The maximum Gasteiger partial charge on any atom is 0.134 e. The van der Waals surface area contributed by atoms with E-state index >= 15 is 0 Å². The topological polar surface area (TPSA) is 18.5 Å². The van der Waals surface area contributed by atoms with Crippen molar-refractivity contribution in [3.8, 4) is 22.6 Å². The maximum absolute atomic E-state index is 14.3. The van der Waals surface area contributed by atoms with E-state index in [-0.39, 0.29) is 11.1 Å². The Morgan fingerprint density at radius 1 is 0.792 bits per heavy atom. The Hall–Kier alpha value is -2.62. The smallest absolute Gasteiger partial charge is 0.134 e. The molecule has 0 heterocycles. The van der Waals surface area contributed by atoms with E-state index in [1.807, 2.05) is 13.8 Å². The summed E-state index contributed by atoms with van der Waals surface area (Å²) in [6.07, 6.45) is 0. The van der Waals surface area contributed by atoms with Crippen molar-refractivity contribution in [2.24, 2.45) is 0 Å². The lowest BCUT2D eigenvalue weighted by Gasteiger charge is -2.11. The lowest BCUT2D eigenvalue weighted by molar-refractivity contribution is 0.350. The van der Waals surface area contributed by atoms with Crippen LogP contribution in [0.15, 0.2) is 60.7 Å². The Labute approximate surface area is 141 Å². The second-order valence-electron chi connectivity index (χ2n) is 5.77. The SMILES string of the molecule is C=C(C)COc1ccc(-c2ccc(OCC(=C)C)cc2F)c(F)c1. The third-order valence-electron chi connectivity index (χ3n) is 3.14. The molecule has 24 heavy (non-hydrogen) atoms. The zero-order chi connectivity index (χ0) is 17.7. The highest BCUT2D eigenvalue weighted by Gasteiger charge is 2.12. The predicted molar refractivity (Wildman–Crippen MR) is 92.4 cm³/mol. The van der Waals surface area contributed by atoms with Crippen molar-refractivity contribution in [3.05, 3.63) is 72.3 Å². The first-order valence-corrected chi connectivity index (χ1v) is 7.50. The molecule has 2 rings (SSSR count). The molecular weight excluding hydrogens is 310 g/mol. The number of halogens is 2. The van der Waals surface area contributed by atoms with Gasteiger partial charge in [0, 0.05) is 23.3 Å². The van der Waals surface area contributed by atoms with E-state index in [4.69, 9.17) is 9.47 Å². The molecule has 0 aliphatic carbocycles. The molecule has 0 N–H and O–H groups in total. The van der Waals surface area contributed by atoms with Crippen LogP contribution in [0.5, 0.6) is 11.5 Å². The molecule has 0 aromatic heterocycles. The average Bonchev–Trinajstić information content (AvgIpc) is 2.52. The molecule has 2 aromatic carbocycles. The fourth-order valence-corrected chi connectivity index (χ4v) is 2.02. The van der Waals surface area contributed by atoms with Crippen molar-refractivity contribution in [3.63, 3.8) is 0 Å². The van der Waals surface area contributed by atoms with Crippen LogP contribution in [0.3, 0.4) is 0 Å². The summed E-state index contributed by atoms with van der Waals surface area (Å²) >= 11 is 0. The summed E-state index contributed by atoms with van der Waals surface area (Å²) in [7, 11) is 0. The summed E-state index contributed by atoms with van der Waals surface area (Å²) in [5, 5.41) is 0. The van der Waals surface area contributed by atoms with Gasteiger partial charge < -0.3 is 9.47 Å². The highest BCUT2D eigenvalue weighted by Crippen LogP contribution is 2.30.